The molecule has 0 aliphatic heterocycles. The SMILES string of the molecule is CCOC(=O)c1c(C=Cc2scnc2Cl)cccc1OC. The Bertz CT molecular complexity index is 667. The number of halogens is 1. The number of thiazole rings is 1. The molecule has 6 heteroatoms. The van der Waals surface area contributed by atoms with Gasteiger partial charge in [-0.05, 0) is 24.6 Å². The first-order chi connectivity index (χ1) is 10.2. The number of hydrogen-bond acceptors (Lipinski definition) is 5. The summed E-state index contributed by atoms with van der Waals surface area (Å²) in [5, 5.41) is 0.442. The van der Waals surface area contributed by atoms with Gasteiger partial charge >= 0.3 is 5.97 Å². The normalized spacial score (nSPS) is 10.8. The third-order valence-electron chi connectivity index (χ3n) is 2.72. The van der Waals surface area contributed by atoms with E-state index in [-0.39, 0.29) is 0 Å². The van der Waals surface area contributed by atoms with Crippen LogP contribution >= 0.6 is 22.9 Å². The van der Waals surface area contributed by atoms with Gasteiger partial charge in [0.1, 0.15) is 16.5 Å². The van der Waals surface area contributed by atoms with E-state index in [1.54, 1.807) is 24.6 Å². The first-order valence-electron chi connectivity index (χ1n) is 6.28. The molecule has 2 rings (SSSR count). The third-order valence-corrected chi connectivity index (χ3v) is 3.93. The van der Waals surface area contributed by atoms with Crippen molar-refractivity contribution >= 4 is 41.1 Å². The van der Waals surface area contributed by atoms with Crippen molar-refractivity contribution in [3.05, 3.63) is 44.9 Å². The average molecular weight is 324 g/mol. The zero-order valence-electron chi connectivity index (χ0n) is 11.6. The fourth-order valence-corrected chi connectivity index (χ4v) is 2.67. The van der Waals surface area contributed by atoms with Crippen LogP contribution in [0.15, 0.2) is 23.7 Å². The maximum absolute atomic E-state index is 12.1. The van der Waals surface area contributed by atoms with E-state index in [1.165, 1.54) is 18.4 Å². The van der Waals surface area contributed by atoms with Crippen molar-refractivity contribution in [2.45, 2.75) is 6.92 Å². The lowest BCUT2D eigenvalue weighted by Crippen LogP contribution is -2.08. The van der Waals surface area contributed by atoms with Crippen molar-refractivity contribution in [2.24, 2.45) is 0 Å². The van der Waals surface area contributed by atoms with Crippen LogP contribution < -0.4 is 4.74 Å². The van der Waals surface area contributed by atoms with E-state index in [1.807, 2.05) is 18.2 Å². The van der Waals surface area contributed by atoms with Gasteiger partial charge in [0.25, 0.3) is 0 Å². The number of methoxy groups -OCH3 is 1. The molecule has 1 aromatic heterocycles. The van der Waals surface area contributed by atoms with Crippen molar-refractivity contribution in [3.63, 3.8) is 0 Å². The van der Waals surface area contributed by atoms with Crippen LogP contribution in [0.4, 0.5) is 0 Å². The number of carbonyl (C=O) groups is 1. The summed E-state index contributed by atoms with van der Waals surface area (Å²) in [5.41, 5.74) is 2.77. The van der Waals surface area contributed by atoms with Gasteiger partial charge < -0.3 is 9.47 Å². The van der Waals surface area contributed by atoms with Gasteiger partial charge in [-0.2, -0.15) is 0 Å². The van der Waals surface area contributed by atoms with E-state index in [2.05, 4.69) is 4.98 Å². The summed E-state index contributed by atoms with van der Waals surface area (Å²) >= 11 is 7.37. The van der Waals surface area contributed by atoms with Crippen LogP contribution in [0.2, 0.25) is 5.15 Å². The van der Waals surface area contributed by atoms with Crippen molar-refractivity contribution in [1.82, 2.24) is 4.98 Å². The predicted octanol–water partition coefficient (Wildman–Crippen LogP) is 4.15. The number of aromatic nitrogens is 1. The smallest absolute Gasteiger partial charge is 0.342 e. The molecule has 4 nitrogen and oxygen atoms in total. The van der Waals surface area contributed by atoms with Gasteiger partial charge in [0.2, 0.25) is 0 Å². The fourth-order valence-electron chi connectivity index (χ4n) is 1.79. The molecular weight excluding hydrogens is 310 g/mol. The summed E-state index contributed by atoms with van der Waals surface area (Å²) in [7, 11) is 1.52. The number of nitrogens with zero attached hydrogens (tertiary/aromatic N) is 1. The Hall–Kier alpha value is -1.85. The molecule has 0 unspecified atom stereocenters. The molecule has 0 spiro atoms. The number of carbonyl (C=O) groups excluding carboxylic acids is 1. The molecule has 0 atom stereocenters. The molecule has 0 amide bonds. The maximum atomic E-state index is 12.1. The van der Waals surface area contributed by atoms with Crippen molar-refractivity contribution in [3.8, 4) is 5.75 Å². The quantitative estimate of drug-likeness (QED) is 0.775. The van der Waals surface area contributed by atoms with Gasteiger partial charge in [-0.15, -0.1) is 11.3 Å². The standard InChI is InChI=1S/C15H14ClNO3S/c1-3-20-15(18)13-10(5-4-6-11(13)19-2)7-8-12-14(16)17-9-21-12/h4-9H,3H2,1-2H3. The highest BCUT2D eigenvalue weighted by atomic mass is 35.5. The minimum atomic E-state index is -0.412. The van der Waals surface area contributed by atoms with E-state index in [4.69, 9.17) is 21.1 Å². The van der Waals surface area contributed by atoms with E-state index in [0.717, 1.165) is 4.88 Å². The van der Waals surface area contributed by atoms with E-state index >= 15 is 0 Å². The van der Waals surface area contributed by atoms with Crippen LogP contribution in [-0.2, 0) is 4.74 Å². The van der Waals surface area contributed by atoms with Crippen molar-refractivity contribution in [1.29, 1.82) is 0 Å². The van der Waals surface area contributed by atoms with Crippen LogP contribution in [-0.4, -0.2) is 24.7 Å². The van der Waals surface area contributed by atoms with Crippen molar-refractivity contribution in [2.75, 3.05) is 13.7 Å². The number of benzene rings is 1. The summed E-state index contributed by atoms with van der Waals surface area (Å²) in [5.74, 6) is 0.0657. The topological polar surface area (TPSA) is 48.4 Å². The monoisotopic (exact) mass is 323 g/mol. The van der Waals surface area contributed by atoms with E-state index in [0.29, 0.717) is 28.6 Å². The molecule has 0 aliphatic rings. The minimum absolute atomic E-state index is 0.306. The maximum Gasteiger partial charge on any atom is 0.342 e. The Balaban J connectivity index is 2.41. The van der Waals surface area contributed by atoms with E-state index < -0.39 is 5.97 Å². The number of hydrogen-bond donors (Lipinski definition) is 0. The Morgan fingerprint density at radius 3 is 2.86 bits per heavy atom. The lowest BCUT2D eigenvalue weighted by molar-refractivity contribution is 0.0522. The zero-order chi connectivity index (χ0) is 15.2. The Kier molecular flexibility index (Phi) is 5.36. The van der Waals surface area contributed by atoms with Crippen LogP contribution in [0.3, 0.4) is 0 Å². The highest BCUT2D eigenvalue weighted by Gasteiger charge is 2.17. The second-order valence-electron chi connectivity index (χ2n) is 3.99. The van der Waals surface area contributed by atoms with Gasteiger partial charge in [-0.1, -0.05) is 29.8 Å². The summed E-state index contributed by atoms with van der Waals surface area (Å²) < 4.78 is 10.3. The molecular formula is C15H14ClNO3S. The van der Waals surface area contributed by atoms with Crippen molar-refractivity contribution < 1.29 is 14.3 Å². The minimum Gasteiger partial charge on any atom is -0.496 e. The van der Waals surface area contributed by atoms with Gasteiger partial charge in [-0.3, -0.25) is 0 Å². The Labute approximate surface area is 132 Å². The Morgan fingerprint density at radius 1 is 1.43 bits per heavy atom. The molecule has 0 fully saturated rings. The first-order valence-corrected chi connectivity index (χ1v) is 7.54. The molecule has 0 saturated heterocycles. The predicted molar refractivity (Wildman–Crippen MR) is 85.0 cm³/mol. The van der Waals surface area contributed by atoms with Crippen LogP contribution in [0.1, 0.15) is 27.7 Å². The molecule has 1 aromatic carbocycles. The van der Waals surface area contributed by atoms with Gasteiger partial charge in [0, 0.05) is 0 Å². The van der Waals surface area contributed by atoms with E-state index in [9.17, 15) is 4.79 Å². The molecule has 2 aromatic rings. The van der Waals surface area contributed by atoms with Gasteiger partial charge in [0.05, 0.1) is 24.1 Å². The first kappa shape index (κ1) is 15.5. The Morgan fingerprint density at radius 2 is 2.24 bits per heavy atom. The zero-order valence-corrected chi connectivity index (χ0v) is 13.2. The van der Waals surface area contributed by atoms with Crippen LogP contribution in [0.25, 0.3) is 12.2 Å². The molecule has 0 radical (unpaired) electrons. The largest absolute Gasteiger partial charge is 0.496 e. The highest BCUT2D eigenvalue weighted by molar-refractivity contribution is 7.11. The fraction of sp³-hybridized carbons (Fsp3) is 0.200. The lowest BCUT2D eigenvalue weighted by atomic mass is 10.1. The molecule has 110 valence electrons. The second-order valence-corrected chi connectivity index (χ2v) is 5.23. The van der Waals surface area contributed by atoms with Gasteiger partial charge in [-0.25, -0.2) is 9.78 Å². The molecule has 0 bridgehead atoms. The molecule has 0 N–H and O–H groups in total. The molecule has 0 saturated carbocycles. The van der Waals surface area contributed by atoms with Crippen LogP contribution in [0.5, 0.6) is 5.75 Å². The summed E-state index contributed by atoms with van der Waals surface area (Å²) in [6.45, 7) is 2.07. The average Bonchev–Trinajstić information content (AvgIpc) is 2.90. The highest BCUT2D eigenvalue weighted by Crippen LogP contribution is 2.27. The van der Waals surface area contributed by atoms with Gasteiger partial charge in [0.15, 0.2) is 0 Å². The number of ether oxygens (including phenoxy) is 2. The summed E-state index contributed by atoms with van der Waals surface area (Å²) in [6, 6.07) is 5.36. The summed E-state index contributed by atoms with van der Waals surface area (Å²) in [6.07, 6.45) is 3.62. The second kappa shape index (κ2) is 7.24. The lowest BCUT2D eigenvalue weighted by Gasteiger charge is -2.10. The molecule has 21 heavy (non-hydrogen) atoms. The molecule has 0 aliphatic carbocycles. The molecule has 1 heterocycles. The number of esters is 1. The summed E-state index contributed by atoms with van der Waals surface area (Å²) in [4.78, 5) is 16.9. The van der Waals surface area contributed by atoms with Crippen LogP contribution in [0, 0.1) is 0 Å². The third kappa shape index (κ3) is 3.62. The number of rotatable bonds is 5.